The van der Waals surface area contributed by atoms with Crippen molar-refractivity contribution < 1.29 is 9.15 Å². The first-order chi connectivity index (χ1) is 16.3. The predicted octanol–water partition coefficient (Wildman–Crippen LogP) is 3.62. The summed E-state index contributed by atoms with van der Waals surface area (Å²) in [4.78, 5) is 4.89. The van der Waals surface area contributed by atoms with E-state index in [4.69, 9.17) is 9.15 Å². The highest BCUT2D eigenvalue weighted by atomic mass is 16.5. The van der Waals surface area contributed by atoms with Crippen molar-refractivity contribution in [1.29, 1.82) is 0 Å². The second-order valence-electron chi connectivity index (χ2n) is 8.04. The molecule has 0 saturated carbocycles. The van der Waals surface area contributed by atoms with Crippen LogP contribution < -0.4 is 9.64 Å². The molecule has 1 unspecified atom stereocenters. The van der Waals surface area contributed by atoms with Gasteiger partial charge >= 0.3 is 0 Å². The SMILES string of the molecule is CCOc1ccc(C(c2nnnn2Cc2ccco2)N2CCN(c3ccccc3)CC2)cc1. The molecule has 0 radical (unpaired) electrons. The second-order valence-corrected chi connectivity index (χ2v) is 8.04. The predicted molar refractivity (Wildman–Crippen MR) is 125 cm³/mol. The third-order valence-corrected chi connectivity index (χ3v) is 6.00. The number of benzene rings is 2. The number of rotatable bonds is 8. The highest BCUT2D eigenvalue weighted by molar-refractivity contribution is 5.46. The van der Waals surface area contributed by atoms with Gasteiger partial charge in [-0.05, 0) is 59.3 Å². The van der Waals surface area contributed by atoms with Crippen LogP contribution in [-0.4, -0.2) is 57.9 Å². The Labute approximate surface area is 193 Å². The molecule has 8 nitrogen and oxygen atoms in total. The fourth-order valence-corrected chi connectivity index (χ4v) is 4.38. The zero-order valence-corrected chi connectivity index (χ0v) is 18.7. The molecule has 5 rings (SSSR count). The third-order valence-electron chi connectivity index (χ3n) is 6.00. The van der Waals surface area contributed by atoms with Crippen molar-refractivity contribution in [2.45, 2.75) is 19.5 Å². The number of furan rings is 1. The summed E-state index contributed by atoms with van der Waals surface area (Å²) in [5.74, 6) is 2.50. The summed E-state index contributed by atoms with van der Waals surface area (Å²) < 4.78 is 13.0. The Morgan fingerprint density at radius 1 is 0.939 bits per heavy atom. The molecule has 2 aromatic carbocycles. The van der Waals surface area contributed by atoms with Gasteiger partial charge < -0.3 is 14.1 Å². The van der Waals surface area contributed by atoms with Gasteiger partial charge in [-0.25, -0.2) is 4.68 Å². The quantitative estimate of drug-likeness (QED) is 0.411. The van der Waals surface area contributed by atoms with E-state index in [0.29, 0.717) is 13.2 Å². The molecule has 1 aliphatic rings. The molecule has 0 bridgehead atoms. The molecule has 1 saturated heterocycles. The maximum atomic E-state index is 5.66. The summed E-state index contributed by atoms with van der Waals surface area (Å²) in [5.41, 5.74) is 2.40. The van der Waals surface area contributed by atoms with Crippen LogP contribution in [0.25, 0.3) is 0 Å². The van der Waals surface area contributed by atoms with Crippen LogP contribution in [0, 0.1) is 0 Å². The molecule has 1 atom stereocenters. The van der Waals surface area contributed by atoms with Crippen LogP contribution in [0.2, 0.25) is 0 Å². The Bertz CT molecular complexity index is 1120. The molecule has 8 heteroatoms. The normalized spacial score (nSPS) is 15.5. The minimum absolute atomic E-state index is 0.0661. The topological polar surface area (TPSA) is 72.4 Å². The van der Waals surface area contributed by atoms with Crippen molar-refractivity contribution in [3.8, 4) is 5.75 Å². The highest BCUT2D eigenvalue weighted by Gasteiger charge is 2.31. The minimum atomic E-state index is -0.0661. The molecule has 4 aromatic rings. The van der Waals surface area contributed by atoms with Crippen molar-refractivity contribution in [2.24, 2.45) is 0 Å². The zero-order valence-electron chi connectivity index (χ0n) is 18.7. The number of nitrogens with zero attached hydrogens (tertiary/aromatic N) is 6. The molecule has 33 heavy (non-hydrogen) atoms. The highest BCUT2D eigenvalue weighted by Crippen LogP contribution is 2.30. The van der Waals surface area contributed by atoms with Crippen LogP contribution in [0.15, 0.2) is 77.4 Å². The van der Waals surface area contributed by atoms with E-state index in [9.17, 15) is 0 Å². The molecule has 0 amide bonds. The maximum absolute atomic E-state index is 5.66. The van der Waals surface area contributed by atoms with Crippen molar-refractivity contribution in [1.82, 2.24) is 25.1 Å². The van der Waals surface area contributed by atoms with Gasteiger partial charge in [-0.15, -0.1) is 5.10 Å². The van der Waals surface area contributed by atoms with Crippen LogP contribution >= 0.6 is 0 Å². The summed E-state index contributed by atoms with van der Waals surface area (Å²) in [7, 11) is 0. The molecule has 0 aliphatic carbocycles. The van der Waals surface area contributed by atoms with E-state index in [-0.39, 0.29) is 6.04 Å². The standard InChI is InChI=1S/C25H28N6O2/c1-2-32-22-12-10-20(11-13-22)24(25-26-27-28-31(25)19-23-9-6-18-33-23)30-16-14-29(15-17-30)21-7-4-3-5-8-21/h3-13,18,24H,2,14-17,19H2,1H3. The summed E-state index contributed by atoms with van der Waals surface area (Å²) >= 11 is 0. The van der Waals surface area contributed by atoms with E-state index in [0.717, 1.165) is 49.1 Å². The van der Waals surface area contributed by atoms with Crippen molar-refractivity contribution in [3.63, 3.8) is 0 Å². The van der Waals surface area contributed by atoms with Gasteiger partial charge in [0.15, 0.2) is 5.82 Å². The number of anilines is 1. The van der Waals surface area contributed by atoms with Crippen molar-refractivity contribution >= 4 is 5.69 Å². The Morgan fingerprint density at radius 3 is 2.42 bits per heavy atom. The van der Waals surface area contributed by atoms with Crippen molar-refractivity contribution in [2.75, 3.05) is 37.7 Å². The van der Waals surface area contributed by atoms with Gasteiger partial charge in [-0.2, -0.15) is 0 Å². The van der Waals surface area contributed by atoms with E-state index in [1.54, 1.807) is 6.26 Å². The fourth-order valence-electron chi connectivity index (χ4n) is 4.38. The average Bonchev–Trinajstić information content (AvgIpc) is 3.55. The lowest BCUT2D eigenvalue weighted by molar-refractivity contribution is 0.200. The van der Waals surface area contributed by atoms with Gasteiger partial charge in [0, 0.05) is 31.9 Å². The molecular weight excluding hydrogens is 416 g/mol. The van der Waals surface area contributed by atoms with E-state index < -0.39 is 0 Å². The number of tetrazole rings is 1. The van der Waals surface area contributed by atoms with Gasteiger partial charge in [0.2, 0.25) is 0 Å². The first kappa shape index (κ1) is 21.2. The number of ether oxygens (including phenoxy) is 1. The lowest BCUT2D eigenvalue weighted by Gasteiger charge is -2.39. The second kappa shape index (κ2) is 9.87. The van der Waals surface area contributed by atoms with Crippen molar-refractivity contribution in [3.05, 3.63) is 90.1 Å². The maximum Gasteiger partial charge on any atom is 0.173 e. The van der Waals surface area contributed by atoms with Crippen LogP contribution in [0.4, 0.5) is 5.69 Å². The van der Waals surface area contributed by atoms with Gasteiger partial charge in [-0.1, -0.05) is 30.3 Å². The molecule has 170 valence electrons. The summed E-state index contributed by atoms with van der Waals surface area (Å²) in [6, 6.07) is 22.6. The van der Waals surface area contributed by atoms with E-state index in [1.165, 1.54) is 5.69 Å². The number of hydrogen-bond acceptors (Lipinski definition) is 7. The van der Waals surface area contributed by atoms with Crippen LogP contribution in [0.3, 0.4) is 0 Å². The Kier molecular flexibility index (Phi) is 6.34. The first-order valence-electron chi connectivity index (χ1n) is 11.4. The van der Waals surface area contributed by atoms with E-state index >= 15 is 0 Å². The molecule has 3 heterocycles. The van der Waals surface area contributed by atoms with Crippen LogP contribution in [0.1, 0.15) is 30.1 Å². The Morgan fingerprint density at radius 2 is 1.73 bits per heavy atom. The number of hydrogen-bond donors (Lipinski definition) is 0. The van der Waals surface area contributed by atoms with Gasteiger partial charge in [0.1, 0.15) is 18.1 Å². The smallest absolute Gasteiger partial charge is 0.173 e. The van der Waals surface area contributed by atoms with E-state index in [1.807, 2.05) is 35.9 Å². The molecular formula is C25H28N6O2. The number of piperazine rings is 1. The fraction of sp³-hybridized carbons (Fsp3) is 0.320. The molecule has 0 spiro atoms. The molecule has 1 fully saturated rings. The lowest BCUT2D eigenvalue weighted by atomic mass is 10.0. The Hall–Kier alpha value is -3.65. The lowest BCUT2D eigenvalue weighted by Crippen LogP contribution is -2.48. The summed E-state index contributed by atoms with van der Waals surface area (Å²) in [6.07, 6.45) is 1.67. The van der Waals surface area contributed by atoms with Gasteiger partial charge in [-0.3, -0.25) is 4.90 Å². The van der Waals surface area contributed by atoms with Crippen LogP contribution in [-0.2, 0) is 6.54 Å². The van der Waals surface area contributed by atoms with Crippen LogP contribution in [0.5, 0.6) is 5.75 Å². The van der Waals surface area contributed by atoms with Gasteiger partial charge in [0.25, 0.3) is 0 Å². The molecule has 1 aliphatic heterocycles. The number of para-hydroxylation sites is 1. The largest absolute Gasteiger partial charge is 0.494 e. The molecule has 2 aromatic heterocycles. The first-order valence-corrected chi connectivity index (χ1v) is 11.4. The monoisotopic (exact) mass is 444 g/mol. The zero-order chi connectivity index (χ0) is 22.5. The average molecular weight is 445 g/mol. The Balaban J connectivity index is 1.42. The van der Waals surface area contributed by atoms with Gasteiger partial charge in [0.05, 0.1) is 18.9 Å². The summed E-state index contributed by atoms with van der Waals surface area (Å²) in [5, 5.41) is 12.7. The van der Waals surface area contributed by atoms with E-state index in [2.05, 4.69) is 67.8 Å². The summed E-state index contributed by atoms with van der Waals surface area (Å²) in [6.45, 7) is 6.82. The number of aromatic nitrogens is 4. The third kappa shape index (κ3) is 4.75. The minimum Gasteiger partial charge on any atom is -0.494 e. The molecule has 0 N–H and O–H groups in total.